The molecule has 3 heterocycles. The van der Waals surface area contributed by atoms with E-state index in [-0.39, 0.29) is 35.9 Å². The largest absolute Gasteiger partial charge is 0.450 e. The van der Waals surface area contributed by atoms with Crippen molar-refractivity contribution in [3.63, 3.8) is 0 Å². The van der Waals surface area contributed by atoms with Gasteiger partial charge >= 0.3 is 6.09 Å². The van der Waals surface area contributed by atoms with Crippen molar-refractivity contribution in [2.75, 3.05) is 19.7 Å². The van der Waals surface area contributed by atoms with E-state index in [1.54, 1.807) is 16.7 Å². The number of H-pyrrole nitrogens is 1. The lowest BCUT2D eigenvalue weighted by molar-refractivity contribution is -0.128. The number of benzene rings is 2. The number of carbonyl (C=O) groups excluding carboxylic acids is 3. The summed E-state index contributed by atoms with van der Waals surface area (Å²) in [4.78, 5) is 46.9. The predicted molar refractivity (Wildman–Crippen MR) is 146 cm³/mol. The third-order valence-corrected chi connectivity index (χ3v) is 8.03. The lowest BCUT2D eigenvalue weighted by Gasteiger charge is -2.38. The maximum Gasteiger partial charge on any atom is 0.409 e. The van der Waals surface area contributed by atoms with E-state index in [1.807, 2.05) is 55.6 Å². The molecule has 3 amide bonds. The monoisotopic (exact) mass is 516 g/mol. The molecule has 1 aromatic heterocycles. The van der Waals surface area contributed by atoms with Gasteiger partial charge in [-0.25, -0.2) is 4.79 Å². The highest BCUT2D eigenvalue weighted by Crippen LogP contribution is 2.43. The normalized spacial score (nSPS) is 19.3. The first kappa shape index (κ1) is 25.8. The number of piperidine rings is 1. The van der Waals surface area contributed by atoms with Gasteiger partial charge < -0.3 is 24.8 Å². The Labute approximate surface area is 223 Å². The standard InChI is InChI=1S/C30H36N4O4/c1-4-19(3)26(28(35)32-20-14-16-33(17-15-20)30(37)38-5-2)34-27(22-11-6-7-12-23(22)29(34)36)24-18-31-25-13-9-8-10-21(24)25/h6-13,18-20,26-27,31H,4-5,14-17H2,1-3H3,(H,32,35). The van der Waals surface area contributed by atoms with Gasteiger partial charge in [-0.05, 0) is 43.4 Å². The zero-order valence-electron chi connectivity index (χ0n) is 22.3. The number of carbonyl (C=O) groups is 3. The molecule has 8 heteroatoms. The van der Waals surface area contributed by atoms with Gasteiger partial charge in [0, 0.05) is 47.4 Å². The van der Waals surface area contributed by atoms with Crippen LogP contribution >= 0.6 is 0 Å². The maximum atomic E-state index is 14.0. The number of para-hydroxylation sites is 1. The Morgan fingerprint density at radius 2 is 1.76 bits per heavy atom. The highest BCUT2D eigenvalue weighted by atomic mass is 16.6. The molecule has 38 heavy (non-hydrogen) atoms. The Bertz CT molecular complexity index is 1330. The Morgan fingerprint density at radius 1 is 1.05 bits per heavy atom. The predicted octanol–water partition coefficient (Wildman–Crippen LogP) is 4.86. The first-order valence-corrected chi connectivity index (χ1v) is 13.6. The summed E-state index contributed by atoms with van der Waals surface area (Å²) in [7, 11) is 0. The molecule has 1 saturated heterocycles. The zero-order valence-corrected chi connectivity index (χ0v) is 22.3. The Balaban J connectivity index is 1.45. The van der Waals surface area contributed by atoms with Gasteiger partial charge in [0.05, 0.1) is 12.6 Å². The molecule has 2 N–H and O–H groups in total. The minimum Gasteiger partial charge on any atom is -0.450 e. The van der Waals surface area contributed by atoms with Crippen LogP contribution < -0.4 is 5.32 Å². The van der Waals surface area contributed by atoms with E-state index in [0.717, 1.165) is 28.5 Å². The van der Waals surface area contributed by atoms with E-state index in [9.17, 15) is 14.4 Å². The highest BCUT2D eigenvalue weighted by Gasteiger charge is 2.46. The van der Waals surface area contributed by atoms with Crippen molar-refractivity contribution in [3.8, 4) is 0 Å². The van der Waals surface area contributed by atoms with Crippen molar-refractivity contribution in [2.45, 2.75) is 58.2 Å². The first-order valence-electron chi connectivity index (χ1n) is 13.6. The second-order valence-corrected chi connectivity index (χ2v) is 10.3. The number of amides is 3. The van der Waals surface area contributed by atoms with Crippen LogP contribution in [0.3, 0.4) is 0 Å². The van der Waals surface area contributed by atoms with Crippen LogP contribution in [0.15, 0.2) is 54.7 Å². The second-order valence-electron chi connectivity index (χ2n) is 10.3. The molecule has 0 radical (unpaired) electrons. The van der Waals surface area contributed by atoms with Crippen molar-refractivity contribution >= 4 is 28.8 Å². The Hall–Kier alpha value is -3.81. The van der Waals surface area contributed by atoms with E-state index in [0.29, 0.717) is 38.1 Å². The van der Waals surface area contributed by atoms with Gasteiger partial charge in [0.15, 0.2) is 0 Å². The van der Waals surface area contributed by atoms with Gasteiger partial charge in [0.25, 0.3) is 5.91 Å². The molecule has 3 unspecified atom stereocenters. The zero-order chi connectivity index (χ0) is 26.8. The van der Waals surface area contributed by atoms with Crippen molar-refractivity contribution in [1.29, 1.82) is 0 Å². The van der Waals surface area contributed by atoms with Crippen LogP contribution in [0, 0.1) is 5.92 Å². The van der Waals surface area contributed by atoms with Gasteiger partial charge in [0.1, 0.15) is 6.04 Å². The fraction of sp³-hybridized carbons (Fsp3) is 0.433. The minimum absolute atomic E-state index is 0.0550. The van der Waals surface area contributed by atoms with Crippen molar-refractivity contribution in [1.82, 2.24) is 20.1 Å². The molecule has 3 atom stereocenters. The van der Waals surface area contributed by atoms with Gasteiger partial charge in [-0.15, -0.1) is 0 Å². The summed E-state index contributed by atoms with van der Waals surface area (Å²) in [5.74, 6) is -0.311. The van der Waals surface area contributed by atoms with Crippen LogP contribution in [-0.2, 0) is 9.53 Å². The number of rotatable bonds is 7. The molecule has 0 aliphatic carbocycles. The number of fused-ring (bicyclic) bond motifs is 2. The van der Waals surface area contributed by atoms with E-state index >= 15 is 0 Å². The highest BCUT2D eigenvalue weighted by molar-refractivity contribution is 6.03. The van der Waals surface area contributed by atoms with Crippen LogP contribution in [0.5, 0.6) is 0 Å². The number of aromatic amines is 1. The molecule has 0 saturated carbocycles. The summed E-state index contributed by atoms with van der Waals surface area (Å²) in [6.07, 6.45) is 3.71. The molecule has 5 rings (SSSR count). The van der Waals surface area contributed by atoms with E-state index in [4.69, 9.17) is 4.74 Å². The number of aromatic nitrogens is 1. The van der Waals surface area contributed by atoms with Crippen LogP contribution in [0.1, 0.15) is 67.6 Å². The van der Waals surface area contributed by atoms with Crippen molar-refractivity contribution in [2.24, 2.45) is 5.92 Å². The molecular formula is C30H36N4O4. The molecule has 2 aliphatic heterocycles. The van der Waals surface area contributed by atoms with Crippen LogP contribution in [0.4, 0.5) is 4.79 Å². The van der Waals surface area contributed by atoms with Crippen LogP contribution in [0.25, 0.3) is 10.9 Å². The number of nitrogens with zero attached hydrogens (tertiary/aromatic N) is 2. The molecule has 2 aromatic carbocycles. The average Bonchev–Trinajstić information content (AvgIpc) is 3.48. The Kier molecular flexibility index (Phi) is 7.40. The molecule has 0 bridgehead atoms. The van der Waals surface area contributed by atoms with Crippen LogP contribution in [-0.4, -0.2) is 64.5 Å². The molecule has 1 fully saturated rings. The van der Waals surface area contributed by atoms with E-state index in [2.05, 4.69) is 23.3 Å². The molecule has 0 spiro atoms. The first-order chi connectivity index (χ1) is 18.4. The molecular weight excluding hydrogens is 480 g/mol. The summed E-state index contributed by atoms with van der Waals surface area (Å²) < 4.78 is 5.12. The number of ether oxygens (including phenoxy) is 1. The fourth-order valence-electron chi connectivity index (χ4n) is 5.85. The minimum atomic E-state index is -0.637. The topological polar surface area (TPSA) is 94.7 Å². The van der Waals surface area contributed by atoms with Gasteiger partial charge in [-0.1, -0.05) is 56.7 Å². The second kappa shape index (κ2) is 10.9. The van der Waals surface area contributed by atoms with Gasteiger partial charge in [-0.2, -0.15) is 0 Å². The molecule has 8 nitrogen and oxygen atoms in total. The number of hydrogen-bond acceptors (Lipinski definition) is 4. The van der Waals surface area contributed by atoms with E-state index in [1.165, 1.54) is 0 Å². The molecule has 2 aliphatic rings. The van der Waals surface area contributed by atoms with Gasteiger partial charge in [-0.3, -0.25) is 9.59 Å². The lowest BCUT2D eigenvalue weighted by atomic mass is 9.92. The average molecular weight is 517 g/mol. The van der Waals surface area contributed by atoms with Crippen LogP contribution in [0.2, 0.25) is 0 Å². The molecule has 3 aromatic rings. The van der Waals surface area contributed by atoms with Gasteiger partial charge in [0.2, 0.25) is 5.91 Å². The fourth-order valence-corrected chi connectivity index (χ4v) is 5.85. The molecule has 200 valence electrons. The van der Waals surface area contributed by atoms with Crippen molar-refractivity contribution in [3.05, 3.63) is 71.4 Å². The summed E-state index contributed by atoms with van der Waals surface area (Å²) >= 11 is 0. The number of nitrogens with one attached hydrogen (secondary N) is 2. The lowest BCUT2D eigenvalue weighted by Crippen LogP contribution is -2.55. The summed E-state index contributed by atoms with van der Waals surface area (Å²) in [5, 5.41) is 4.28. The maximum absolute atomic E-state index is 14.0. The third kappa shape index (κ3) is 4.64. The summed E-state index contributed by atoms with van der Waals surface area (Å²) in [6.45, 7) is 7.29. The number of likely N-dealkylation sites (tertiary alicyclic amines) is 1. The summed E-state index contributed by atoms with van der Waals surface area (Å²) in [6, 6.07) is 14.7. The smallest absolute Gasteiger partial charge is 0.409 e. The quantitative estimate of drug-likeness (QED) is 0.469. The SMILES string of the molecule is CCOC(=O)N1CCC(NC(=O)C(C(C)CC)N2C(=O)c3ccccc3C2c2c[nH]c3ccccc23)CC1. The third-order valence-electron chi connectivity index (χ3n) is 8.03. The number of hydrogen-bond donors (Lipinski definition) is 2. The summed E-state index contributed by atoms with van der Waals surface area (Å²) in [5.41, 5.74) is 3.55. The van der Waals surface area contributed by atoms with E-state index < -0.39 is 6.04 Å². The Morgan fingerprint density at radius 3 is 2.50 bits per heavy atom. The van der Waals surface area contributed by atoms with Crippen molar-refractivity contribution < 1.29 is 19.1 Å².